The fourth-order valence-electron chi connectivity index (χ4n) is 5.85. The molecule has 12 heteroatoms. The molecule has 1 aromatic rings. The number of hydrogen-bond acceptors (Lipinski definition) is 7. The number of nitrogens with zero attached hydrogens (tertiary/aromatic N) is 4. The van der Waals surface area contributed by atoms with E-state index >= 15 is 0 Å². The SMILES string of the molecule is CC[C@H](C)[C@@H](C(=O)C[C@@H](CO)C(=O)N(C)[C@@H](Cc1ccccc1)C(=O)N(C)[C@H](C(=O)O)C(C)C)N(C)C(=O)CN(C)C(=O)[C@@H](C)C(C)C. The van der Waals surface area contributed by atoms with Crippen molar-refractivity contribution in [2.24, 2.45) is 29.6 Å². The van der Waals surface area contributed by atoms with Crippen LogP contribution in [-0.2, 0) is 35.2 Å². The molecule has 48 heavy (non-hydrogen) atoms. The fraction of sp³-hybridized carbons (Fsp3) is 0.667. The molecule has 0 radical (unpaired) electrons. The molecule has 0 aliphatic heterocycles. The average molecular weight is 675 g/mol. The molecule has 270 valence electrons. The van der Waals surface area contributed by atoms with Crippen LogP contribution >= 0.6 is 0 Å². The first-order chi connectivity index (χ1) is 22.3. The number of benzene rings is 1. The van der Waals surface area contributed by atoms with Crippen molar-refractivity contribution in [1.82, 2.24) is 19.6 Å². The number of amides is 4. The number of likely N-dealkylation sites (N-methyl/N-ethyl adjacent to an activating group) is 4. The van der Waals surface area contributed by atoms with Crippen LogP contribution in [0.25, 0.3) is 0 Å². The van der Waals surface area contributed by atoms with Crippen LogP contribution in [0.5, 0.6) is 0 Å². The minimum absolute atomic E-state index is 0.0805. The largest absolute Gasteiger partial charge is 0.480 e. The van der Waals surface area contributed by atoms with E-state index < -0.39 is 72.5 Å². The normalized spacial score (nSPS) is 15.1. The van der Waals surface area contributed by atoms with Gasteiger partial charge in [0.25, 0.3) is 0 Å². The van der Waals surface area contributed by atoms with Crippen LogP contribution in [0.1, 0.15) is 66.9 Å². The van der Waals surface area contributed by atoms with Crippen LogP contribution < -0.4 is 0 Å². The minimum Gasteiger partial charge on any atom is -0.480 e. The van der Waals surface area contributed by atoms with Crippen molar-refractivity contribution in [3.05, 3.63) is 35.9 Å². The first-order valence-electron chi connectivity index (χ1n) is 16.8. The molecule has 0 aromatic heterocycles. The molecule has 0 saturated heterocycles. The van der Waals surface area contributed by atoms with Gasteiger partial charge in [-0.3, -0.25) is 24.0 Å². The fourth-order valence-corrected chi connectivity index (χ4v) is 5.85. The quantitative estimate of drug-likeness (QED) is 0.227. The van der Waals surface area contributed by atoms with Crippen molar-refractivity contribution in [1.29, 1.82) is 0 Å². The first kappa shape index (κ1) is 42.2. The summed E-state index contributed by atoms with van der Waals surface area (Å²) in [6.07, 6.45) is 0.236. The van der Waals surface area contributed by atoms with E-state index in [0.29, 0.717) is 6.42 Å². The lowest BCUT2D eigenvalue weighted by molar-refractivity contribution is -0.155. The molecule has 0 bridgehead atoms. The monoisotopic (exact) mass is 674 g/mol. The average Bonchev–Trinajstić information content (AvgIpc) is 3.04. The van der Waals surface area contributed by atoms with E-state index in [1.807, 2.05) is 33.8 Å². The summed E-state index contributed by atoms with van der Waals surface area (Å²) in [5, 5.41) is 20.2. The predicted octanol–water partition coefficient (Wildman–Crippen LogP) is 2.82. The highest BCUT2D eigenvalue weighted by Crippen LogP contribution is 2.23. The first-order valence-corrected chi connectivity index (χ1v) is 16.8. The van der Waals surface area contributed by atoms with Crippen molar-refractivity contribution >= 4 is 35.4 Å². The lowest BCUT2D eigenvalue weighted by Crippen LogP contribution is -2.56. The molecule has 0 aliphatic rings. The summed E-state index contributed by atoms with van der Waals surface area (Å²) in [7, 11) is 5.85. The van der Waals surface area contributed by atoms with Gasteiger partial charge in [-0.15, -0.1) is 0 Å². The maximum Gasteiger partial charge on any atom is 0.326 e. The molecule has 0 heterocycles. The molecule has 1 rings (SSSR count). The van der Waals surface area contributed by atoms with Crippen LogP contribution in [0.15, 0.2) is 30.3 Å². The maximum absolute atomic E-state index is 13.9. The molecule has 0 saturated carbocycles. The van der Waals surface area contributed by atoms with E-state index in [-0.39, 0.29) is 36.6 Å². The van der Waals surface area contributed by atoms with Crippen LogP contribution in [0.3, 0.4) is 0 Å². The van der Waals surface area contributed by atoms with Crippen LogP contribution in [0.2, 0.25) is 0 Å². The lowest BCUT2D eigenvalue weighted by atomic mass is 9.88. The van der Waals surface area contributed by atoms with Crippen LogP contribution in [0.4, 0.5) is 0 Å². The summed E-state index contributed by atoms with van der Waals surface area (Å²) in [5.41, 5.74) is 0.736. The number of carbonyl (C=O) groups excluding carboxylic acids is 5. The van der Waals surface area contributed by atoms with Gasteiger partial charge in [0.2, 0.25) is 23.6 Å². The molecule has 0 fully saturated rings. The summed E-state index contributed by atoms with van der Waals surface area (Å²) in [4.78, 5) is 84.8. The van der Waals surface area contributed by atoms with Gasteiger partial charge in [0, 0.05) is 47.0 Å². The summed E-state index contributed by atoms with van der Waals surface area (Å²) in [6.45, 7) is 11.8. The number of aliphatic hydroxyl groups is 1. The van der Waals surface area contributed by atoms with Crippen molar-refractivity contribution in [3.8, 4) is 0 Å². The number of aliphatic hydroxyl groups excluding tert-OH is 1. The Labute approximate surface area is 286 Å². The second-order valence-electron chi connectivity index (χ2n) is 13.7. The molecule has 0 spiro atoms. The third-order valence-corrected chi connectivity index (χ3v) is 9.50. The van der Waals surface area contributed by atoms with Crippen molar-refractivity contribution in [2.75, 3.05) is 41.3 Å². The van der Waals surface area contributed by atoms with Gasteiger partial charge in [0.05, 0.1) is 25.1 Å². The number of hydrogen-bond donors (Lipinski definition) is 2. The minimum atomic E-state index is -1.22. The topological polar surface area (TPSA) is 156 Å². The van der Waals surface area contributed by atoms with Gasteiger partial charge in [-0.05, 0) is 23.3 Å². The standard InChI is InChI=1S/C36H58N4O8/c1-12-24(6)32(39(10)30(43)20-37(8)33(44)25(7)22(2)3)29(42)19-27(21-41)34(45)38(9)28(18-26-16-14-13-15-17-26)35(46)40(11)31(23(4)5)36(47)48/h13-17,22-25,27-28,31-32,41H,12,18-21H2,1-11H3,(H,47,48)/t24-,25-,27-,28-,31-,32-/m0/s1. The second kappa shape index (κ2) is 19.3. The Morgan fingerprint density at radius 1 is 0.729 bits per heavy atom. The van der Waals surface area contributed by atoms with E-state index in [4.69, 9.17) is 0 Å². The molecule has 1 aromatic carbocycles. The number of carboxylic acids is 1. The molecule has 2 N–H and O–H groups in total. The number of carbonyl (C=O) groups is 6. The van der Waals surface area contributed by atoms with E-state index in [1.165, 1.54) is 35.8 Å². The van der Waals surface area contributed by atoms with Gasteiger partial charge in [0.15, 0.2) is 5.78 Å². The van der Waals surface area contributed by atoms with Crippen LogP contribution in [0, 0.1) is 29.6 Å². The van der Waals surface area contributed by atoms with Gasteiger partial charge in [-0.2, -0.15) is 0 Å². The van der Waals surface area contributed by atoms with E-state index in [9.17, 15) is 39.0 Å². The lowest BCUT2D eigenvalue weighted by Gasteiger charge is -2.36. The summed E-state index contributed by atoms with van der Waals surface area (Å²) in [5.74, 6) is -5.58. The summed E-state index contributed by atoms with van der Waals surface area (Å²) >= 11 is 0. The third-order valence-electron chi connectivity index (χ3n) is 9.50. The smallest absolute Gasteiger partial charge is 0.326 e. The van der Waals surface area contributed by atoms with E-state index in [1.54, 1.807) is 52.1 Å². The Balaban J connectivity index is 3.34. The molecule has 0 aliphatic carbocycles. The number of carboxylic acid groups (broad SMARTS) is 1. The molecule has 12 nitrogen and oxygen atoms in total. The van der Waals surface area contributed by atoms with Gasteiger partial charge in [-0.1, -0.05) is 85.2 Å². The highest BCUT2D eigenvalue weighted by Gasteiger charge is 2.40. The van der Waals surface area contributed by atoms with Crippen molar-refractivity contribution in [2.45, 2.75) is 85.9 Å². The number of rotatable bonds is 19. The Morgan fingerprint density at radius 3 is 1.75 bits per heavy atom. The van der Waals surface area contributed by atoms with E-state index in [0.717, 1.165) is 10.5 Å². The predicted molar refractivity (Wildman–Crippen MR) is 184 cm³/mol. The van der Waals surface area contributed by atoms with E-state index in [2.05, 4.69) is 0 Å². The maximum atomic E-state index is 13.9. The van der Waals surface area contributed by atoms with Crippen molar-refractivity contribution in [3.63, 3.8) is 0 Å². The van der Waals surface area contributed by atoms with Gasteiger partial charge in [-0.25, -0.2) is 4.79 Å². The summed E-state index contributed by atoms with van der Waals surface area (Å²) in [6, 6.07) is 5.80. The summed E-state index contributed by atoms with van der Waals surface area (Å²) < 4.78 is 0. The van der Waals surface area contributed by atoms with Crippen molar-refractivity contribution < 1.29 is 39.0 Å². The van der Waals surface area contributed by atoms with Gasteiger partial charge in [0.1, 0.15) is 12.1 Å². The Morgan fingerprint density at radius 2 is 1.29 bits per heavy atom. The zero-order valence-corrected chi connectivity index (χ0v) is 30.7. The number of ketones is 1. The molecular formula is C36H58N4O8. The third kappa shape index (κ3) is 11.1. The Bertz CT molecular complexity index is 1250. The molecule has 6 atom stereocenters. The van der Waals surface area contributed by atoms with Crippen LogP contribution in [-0.4, -0.2) is 125 Å². The molecule has 4 amide bonds. The Kier molecular flexibility index (Phi) is 16.9. The highest BCUT2D eigenvalue weighted by atomic mass is 16.4. The van der Waals surface area contributed by atoms with Gasteiger partial charge >= 0.3 is 5.97 Å². The zero-order chi connectivity index (χ0) is 37.0. The molecule has 0 unspecified atom stereocenters. The number of aliphatic carboxylic acids is 1. The highest BCUT2D eigenvalue weighted by molar-refractivity contribution is 5.95. The second-order valence-corrected chi connectivity index (χ2v) is 13.7. The number of Topliss-reactive ketones (excluding diaryl/α,β-unsaturated/α-hetero) is 1. The Hall–Kier alpha value is -3.80. The zero-order valence-electron chi connectivity index (χ0n) is 30.7. The van der Waals surface area contributed by atoms with Gasteiger partial charge < -0.3 is 29.8 Å². The molecular weight excluding hydrogens is 616 g/mol.